The topological polar surface area (TPSA) is 75.4 Å². The van der Waals surface area contributed by atoms with Gasteiger partial charge in [-0.15, -0.1) is 0 Å². The average Bonchev–Trinajstić information content (AvgIpc) is 2.93. The van der Waals surface area contributed by atoms with Gasteiger partial charge in [0, 0.05) is 31.5 Å². The second-order valence-electron chi connectivity index (χ2n) is 7.32. The number of rotatable bonds is 5. The van der Waals surface area contributed by atoms with Crippen molar-refractivity contribution in [2.24, 2.45) is 11.8 Å². The van der Waals surface area contributed by atoms with Crippen LogP contribution in [0.25, 0.3) is 0 Å². The lowest BCUT2D eigenvalue weighted by molar-refractivity contribution is -0.124. The first-order valence-corrected chi connectivity index (χ1v) is 8.84. The molecule has 1 aliphatic rings. The van der Waals surface area contributed by atoms with Crippen molar-refractivity contribution in [1.82, 2.24) is 15.4 Å². The van der Waals surface area contributed by atoms with Crippen LogP contribution < -0.4 is 5.32 Å². The van der Waals surface area contributed by atoms with Crippen LogP contribution in [0.2, 0.25) is 0 Å². The summed E-state index contributed by atoms with van der Waals surface area (Å²) in [4.78, 5) is 26.6. The first-order chi connectivity index (χ1) is 11.3. The van der Waals surface area contributed by atoms with Gasteiger partial charge in [0.1, 0.15) is 5.56 Å². The minimum Gasteiger partial charge on any atom is -0.360 e. The fraction of sp³-hybridized carbons (Fsp3) is 0.722. The summed E-state index contributed by atoms with van der Waals surface area (Å²) < 4.78 is 5.35. The molecule has 1 fully saturated rings. The highest BCUT2D eigenvalue weighted by Crippen LogP contribution is 2.26. The molecule has 1 aromatic rings. The number of carbonyl (C=O) groups is 2. The number of aromatic nitrogens is 1. The molecule has 2 amide bonds. The smallest absolute Gasteiger partial charge is 0.259 e. The van der Waals surface area contributed by atoms with E-state index in [2.05, 4.69) is 10.5 Å². The van der Waals surface area contributed by atoms with E-state index < -0.39 is 0 Å². The first-order valence-electron chi connectivity index (χ1n) is 8.84. The second-order valence-corrected chi connectivity index (χ2v) is 7.32. The number of likely N-dealkylation sites (tertiary alicyclic amines) is 1. The largest absolute Gasteiger partial charge is 0.360 e. The lowest BCUT2D eigenvalue weighted by atomic mass is 9.96. The maximum absolute atomic E-state index is 12.9. The molecular formula is C18H29N3O3. The van der Waals surface area contributed by atoms with Crippen molar-refractivity contribution >= 4 is 11.8 Å². The Kier molecular flexibility index (Phi) is 6.02. The highest BCUT2D eigenvalue weighted by molar-refractivity contribution is 5.96. The van der Waals surface area contributed by atoms with Crippen LogP contribution in [-0.4, -0.2) is 41.5 Å². The van der Waals surface area contributed by atoms with E-state index >= 15 is 0 Å². The standard InChI is InChI=1S/C18H29N3O3/c1-11(2)16-15(13(5)20-24-16)18(23)21-8-6-7-14(10-21)9-19-17(22)12(3)4/h11-12,14H,6-10H2,1-5H3,(H,19,22)/t14-/m0/s1. The third kappa shape index (κ3) is 4.16. The van der Waals surface area contributed by atoms with Crippen LogP contribution in [0.5, 0.6) is 0 Å². The summed E-state index contributed by atoms with van der Waals surface area (Å²) >= 11 is 0. The maximum Gasteiger partial charge on any atom is 0.259 e. The third-order valence-electron chi connectivity index (χ3n) is 4.52. The molecule has 6 heteroatoms. The molecular weight excluding hydrogens is 306 g/mol. The summed E-state index contributed by atoms with van der Waals surface area (Å²) in [6.07, 6.45) is 1.98. The molecule has 1 aromatic heterocycles. The van der Waals surface area contributed by atoms with Crippen LogP contribution in [0.1, 0.15) is 68.3 Å². The van der Waals surface area contributed by atoms with Gasteiger partial charge in [0.25, 0.3) is 5.91 Å². The predicted octanol–water partition coefficient (Wildman–Crippen LogP) is 2.73. The Bertz CT molecular complexity index is 592. The molecule has 0 bridgehead atoms. The summed E-state index contributed by atoms with van der Waals surface area (Å²) in [6, 6.07) is 0. The lowest BCUT2D eigenvalue weighted by Crippen LogP contribution is -2.44. The van der Waals surface area contributed by atoms with Crippen molar-refractivity contribution in [1.29, 1.82) is 0 Å². The van der Waals surface area contributed by atoms with E-state index in [-0.39, 0.29) is 23.7 Å². The van der Waals surface area contributed by atoms with E-state index in [9.17, 15) is 9.59 Å². The normalized spacial score (nSPS) is 18.3. The Morgan fingerprint density at radius 1 is 1.33 bits per heavy atom. The zero-order valence-electron chi connectivity index (χ0n) is 15.4. The van der Waals surface area contributed by atoms with E-state index in [0.717, 1.165) is 19.4 Å². The monoisotopic (exact) mass is 335 g/mol. The van der Waals surface area contributed by atoms with Crippen molar-refractivity contribution in [3.63, 3.8) is 0 Å². The zero-order valence-corrected chi connectivity index (χ0v) is 15.4. The van der Waals surface area contributed by atoms with Gasteiger partial charge in [0.15, 0.2) is 5.76 Å². The van der Waals surface area contributed by atoms with Gasteiger partial charge in [-0.2, -0.15) is 0 Å². The molecule has 134 valence electrons. The number of hydrogen-bond donors (Lipinski definition) is 1. The summed E-state index contributed by atoms with van der Waals surface area (Å²) in [7, 11) is 0. The van der Waals surface area contributed by atoms with Crippen molar-refractivity contribution in [3.05, 3.63) is 17.0 Å². The highest BCUT2D eigenvalue weighted by Gasteiger charge is 2.30. The Balaban J connectivity index is 2.03. The minimum absolute atomic E-state index is 0.00247. The fourth-order valence-electron chi connectivity index (χ4n) is 3.06. The van der Waals surface area contributed by atoms with Gasteiger partial charge in [0.2, 0.25) is 5.91 Å². The molecule has 0 saturated carbocycles. The van der Waals surface area contributed by atoms with Crippen LogP contribution >= 0.6 is 0 Å². The number of aryl methyl sites for hydroxylation is 1. The SMILES string of the molecule is Cc1noc(C(C)C)c1C(=O)N1CCC[C@@H](CNC(=O)C(C)C)C1. The van der Waals surface area contributed by atoms with Crippen LogP contribution in [0, 0.1) is 18.8 Å². The number of nitrogens with zero attached hydrogens (tertiary/aromatic N) is 2. The van der Waals surface area contributed by atoms with Gasteiger partial charge in [-0.25, -0.2) is 0 Å². The Hall–Kier alpha value is -1.85. The minimum atomic E-state index is -0.0143. The Morgan fingerprint density at radius 2 is 2.04 bits per heavy atom. The van der Waals surface area contributed by atoms with Gasteiger partial charge in [-0.3, -0.25) is 9.59 Å². The number of amides is 2. The molecule has 2 rings (SSSR count). The van der Waals surface area contributed by atoms with Crippen molar-refractivity contribution in [2.75, 3.05) is 19.6 Å². The van der Waals surface area contributed by atoms with Gasteiger partial charge in [-0.05, 0) is 25.7 Å². The number of piperidine rings is 1. The van der Waals surface area contributed by atoms with E-state index in [1.807, 2.05) is 39.5 Å². The summed E-state index contributed by atoms with van der Waals surface area (Å²) in [5.74, 6) is 1.13. The summed E-state index contributed by atoms with van der Waals surface area (Å²) in [6.45, 7) is 11.6. The first kappa shape index (κ1) is 18.5. The molecule has 1 saturated heterocycles. The Morgan fingerprint density at radius 3 is 2.67 bits per heavy atom. The van der Waals surface area contributed by atoms with E-state index in [0.29, 0.717) is 36.0 Å². The molecule has 0 spiro atoms. The van der Waals surface area contributed by atoms with Gasteiger partial charge in [-0.1, -0.05) is 32.9 Å². The van der Waals surface area contributed by atoms with Gasteiger partial charge in [0.05, 0.1) is 5.69 Å². The molecule has 0 unspecified atom stereocenters. The van der Waals surface area contributed by atoms with Crippen molar-refractivity contribution in [2.45, 2.75) is 53.4 Å². The molecule has 0 aliphatic carbocycles. The maximum atomic E-state index is 12.9. The van der Waals surface area contributed by atoms with Crippen molar-refractivity contribution < 1.29 is 14.1 Å². The molecule has 2 heterocycles. The number of hydrogen-bond acceptors (Lipinski definition) is 4. The average molecular weight is 335 g/mol. The summed E-state index contributed by atoms with van der Waals surface area (Å²) in [5, 5.41) is 6.95. The van der Waals surface area contributed by atoms with Crippen molar-refractivity contribution in [3.8, 4) is 0 Å². The number of nitrogens with one attached hydrogen (secondary N) is 1. The van der Waals surface area contributed by atoms with Crippen LogP contribution in [0.15, 0.2) is 4.52 Å². The zero-order chi connectivity index (χ0) is 17.9. The van der Waals surface area contributed by atoms with Crippen LogP contribution in [0.3, 0.4) is 0 Å². The molecule has 1 atom stereocenters. The van der Waals surface area contributed by atoms with Gasteiger partial charge >= 0.3 is 0 Å². The molecule has 0 radical (unpaired) electrons. The third-order valence-corrected chi connectivity index (χ3v) is 4.52. The molecule has 0 aromatic carbocycles. The highest BCUT2D eigenvalue weighted by atomic mass is 16.5. The second kappa shape index (κ2) is 7.81. The van der Waals surface area contributed by atoms with E-state index in [4.69, 9.17) is 4.52 Å². The summed E-state index contributed by atoms with van der Waals surface area (Å²) in [5.41, 5.74) is 1.26. The van der Waals surface area contributed by atoms with E-state index in [1.54, 1.807) is 0 Å². The van der Waals surface area contributed by atoms with E-state index in [1.165, 1.54) is 0 Å². The van der Waals surface area contributed by atoms with Gasteiger partial charge < -0.3 is 14.7 Å². The molecule has 6 nitrogen and oxygen atoms in total. The lowest BCUT2D eigenvalue weighted by Gasteiger charge is -2.33. The molecule has 24 heavy (non-hydrogen) atoms. The molecule has 1 aliphatic heterocycles. The van der Waals surface area contributed by atoms with Crippen LogP contribution in [0.4, 0.5) is 0 Å². The fourth-order valence-corrected chi connectivity index (χ4v) is 3.06. The van der Waals surface area contributed by atoms with Crippen LogP contribution in [-0.2, 0) is 4.79 Å². The quantitative estimate of drug-likeness (QED) is 0.898. The predicted molar refractivity (Wildman–Crippen MR) is 91.8 cm³/mol. The number of carbonyl (C=O) groups excluding carboxylic acids is 2. The molecule has 1 N–H and O–H groups in total. The Labute approximate surface area is 143 Å².